The van der Waals surface area contributed by atoms with Gasteiger partial charge in [0.25, 0.3) is 5.91 Å². The zero-order valence-corrected chi connectivity index (χ0v) is 11.1. The highest BCUT2D eigenvalue weighted by molar-refractivity contribution is 7.18. The number of fused-ring (bicyclic) bond motifs is 1. The predicted octanol–water partition coefficient (Wildman–Crippen LogP) is 2.29. The van der Waals surface area contributed by atoms with Crippen LogP contribution in [-0.4, -0.2) is 33.0 Å². The number of carbonyl (C=O) groups is 1. The second-order valence-electron chi connectivity index (χ2n) is 4.22. The van der Waals surface area contributed by atoms with Crippen LogP contribution in [0.4, 0.5) is 0 Å². The first-order chi connectivity index (χ1) is 9.24. The number of rotatable bonds is 3. The maximum absolute atomic E-state index is 12.1. The molecule has 0 saturated carbocycles. The van der Waals surface area contributed by atoms with Crippen LogP contribution in [0.2, 0.25) is 0 Å². The monoisotopic (exact) mass is 272 g/mol. The average molecular weight is 272 g/mol. The fourth-order valence-electron chi connectivity index (χ4n) is 1.85. The lowest BCUT2D eigenvalue weighted by Crippen LogP contribution is -2.25. The first-order valence-corrected chi connectivity index (χ1v) is 6.64. The van der Waals surface area contributed by atoms with Crippen molar-refractivity contribution in [1.29, 1.82) is 0 Å². The summed E-state index contributed by atoms with van der Waals surface area (Å²) in [6.45, 7) is 0.503. The third-order valence-corrected chi connectivity index (χ3v) is 3.82. The molecule has 96 valence electrons. The Balaban J connectivity index is 1.79. The summed E-state index contributed by atoms with van der Waals surface area (Å²) in [5.74, 6) is -0.0620. The third-order valence-electron chi connectivity index (χ3n) is 2.80. The van der Waals surface area contributed by atoms with Gasteiger partial charge in [0.1, 0.15) is 5.01 Å². The summed E-state index contributed by atoms with van der Waals surface area (Å²) in [4.78, 5) is 18.2. The van der Waals surface area contributed by atoms with Crippen LogP contribution in [-0.2, 0) is 6.54 Å². The number of amides is 1. The SMILES string of the molecule is CN(Cc1nc2ccccc2s1)C(=O)c1cn[nH]c1. The minimum Gasteiger partial charge on any atom is -0.335 e. The lowest BCUT2D eigenvalue weighted by molar-refractivity contribution is 0.0785. The van der Waals surface area contributed by atoms with E-state index in [1.165, 1.54) is 6.20 Å². The fraction of sp³-hybridized carbons (Fsp3) is 0.154. The molecule has 0 radical (unpaired) electrons. The molecule has 6 heteroatoms. The number of nitrogens with zero attached hydrogens (tertiary/aromatic N) is 3. The maximum atomic E-state index is 12.1. The smallest absolute Gasteiger partial charge is 0.257 e. The molecule has 0 unspecified atom stereocenters. The number of para-hydroxylation sites is 1. The summed E-state index contributed by atoms with van der Waals surface area (Å²) < 4.78 is 1.14. The standard InChI is InChI=1S/C13H12N4OS/c1-17(13(18)9-6-14-15-7-9)8-12-16-10-4-2-3-5-11(10)19-12/h2-7H,8H2,1H3,(H,14,15). The van der Waals surface area contributed by atoms with Crippen molar-refractivity contribution in [2.75, 3.05) is 7.05 Å². The first kappa shape index (κ1) is 11.9. The van der Waals surface area contributed by atoms with Gasteiger partial charge in [-0.1, -0.05) is 12.1 Å². The summed E-state index contributed by atoms with van der Waals surface area (Å²) in [5.41, 5.74) is 1.54. The largest absolute Gasteiger partial charge is 0.335 e. The number of carbonyl (C=O) groups excluding carboxylic acids is 1. The number of nitrogens with one attached hydrogen (secondary N) is 1. The molecule has 2 aromatic heterocycles. The highest BCUT2D eigenvalue weighted by Crippen LogP contribution is 2.22. The van der Waals surface area contributed by atoms with Crippen molar-refractivity contribution < 1.29 is 4.79 Å². The molecule has 0 aliphatic heterocycles. The number of thiazole rings is 1. The fourth-order valence-corrected chi connectivity index (χ4v) is 2.87. The van der Waals surface area contributed by atoms with Gasteiger partial charge < -0.3 is 4.90 Å². The van der Waals surface area contributed by atoms with Crippen molar-refractivity contribution >= 4 is 27.5 Å². The minimum atomic E-state index is -0.0620. The van der Waals surface area contributed by atoms with Crippen LogP contribution in [0.1, 0.15) is 15.4 Å². The van der Waals surface area contributed by atoms with Crippen LogP contribution in [0.15, 0.2) is 36.7 Å². The van der Waals surface area contributed by atoms with E-state index in [4.69, 9.17) is 0 Å². The number of aromatic amines is 1. The molecule has 19 heavy (non-hydrogen) atoms. The maximum Gasteiger partial charge on any atom is 0.257 e. The summed E-state index contributed by atoms with van der Waals surface area (Å²) >= 11 is 1.61. The predicted molar refractivity (Wildman–Crippen MR) is 74.0 cm³/mol. The highest BCUT2D eigenvalue weighted by atomic mass is 32.1. The van der Waals surface area contributed by atoms with Crippen LogP contribution in [0, 0.1) is 0 Å². The molecule has 0 bridgehead atoms. The normalized spacial score (nSPS) is 10.8. The van der Waals surface area contributed by atoms with Crippen LogP contribution < -0.4 is 0 Å². The average Bonchev–Trinajstić information content (AvgIpc) is 3.06. The Morgan fingerprint density at radius 2 is 2.26 bits per heavy atom. The second kappa shape index (κ2) is 4.81. The molecule has 0 fully saturated rings. The van der Waals surface area contributed by atoms with Gasteiger partial charge in [-0.15, -0.1) is 11.3 Å². The Kier molecular flexibility index (Phi) is 3.00. The zero-order valence-electron chi connectivity index (χ0n) is 10.3. The van der Waals surface area contributed by atoms with Gasteiger partial charge in [-0.05, 0) is 12.1 Å². The highest BCUT2D eigenvalue weighted by Gasteiger charge is 2.14. The van der Waals surface area contributed by atoms with Gasteiger partial charge in [0.15, 0.2) is 0 Å². The minimum absolute atomic E-state index is 0.0620. The van der Waals surface area contributed by atoms with E-state index in [0.717, 1.165) is 15.2 Å². The van der Waals surface area contributed by atoms with Crippen LogP contribution >= 0.6 is 11.3 Å². The molecule has 0 aliphatic carbocycles. The Morgan fingerprint density at radius 3 is 3.00 bits per heavy atom. The number of hydrogen-bond donors (Lipinski definition) is 1. The van der Waals surface area contributed by atoms with Crippen molar-refractivity contribution in [3.05, 3.63) is 47.2 Å². The quantitative estimate of drug-likeness (QED) is 0.795. The van der Waals surface area contributed by atoms with Gasteiger partial charge >= 0.3 is 0 Å². The van der Waals surface area contributed by atoms with Crippen LogP contribution in [0.25, 0.3) is 10.2 Å². The molecule has 2 heterocycles. The molecule has 0 saturated heterocycles. The third kappa shape index (κ3) is 2.34. The molecule has 1 N–H and O–H groups in total. The topological polar surface area (TPSA) is 61.9 Å². The molecular weight excluding hydrogens is 260 g/mol. The number of benzene rings is 1. The van der Waals surface area contributed by atoms with Crippen molar-refractivity contribution in [1.82, 2.24) is 20.1 Å². The van der Waals surface area contributed by atoms with Gasteiger partial charge in [0.2, 0.25) is 0 Å². The van der Waals surface area contributed by atoms with E-state index in [1.54, 1.807) is 29.5 Å². The van der Waals surface area contributed by atoms with E-state index in [0.29, 0.717) is 12.1 Å². The second-order valence-corrected chi connectivity index (χ2v) is 5.34. The van der Waals surface area contributed by atoms with Crippen molar-refractivity contribution in [3.8, 4) is 0 Å². The lowest BCUT2D eigenvalue weighted by atomic mass is 10.3. The first-order valence-electron chi connectivity index (χ1n) is 5.83. The Morgan fingerprint density at radius 1 is 1.42 bits per heavy atom. The van der Waals surface area contributed by atoms with Gasteiger partial charge in [-0.3, -0.25) is 9.89 Å². The number of hydrogen-bond acceptors (Lipinski definition) is 4. The molecule has 0 aliphatic rings. The number of aromatic nitrogens is 3. The van der Waals surface area contributed by atoms with Gasteiger partial charge in [-0.2, -0.15) is 5.10 Å². The van der Waals surface area contributed by atoms with Gasteiger partial charge in [-0.25, -0.2) is 4.98 Å². The molecule has 5 nitrogen and oxygen atoms in total. The Hall–Kier alpha value is -2.21. The molecule has 1 amide bonds. The van der Waals surface area contributed by atoms with E-state index >= 15 is 0 Å². The molecule has 3 rings (SSSR count). The van der Waals surface area contributed by atoms with Crippen LogP contribution in [0.5, 0.6) is 0 Å². The summed E-state index contributed by atoms with van der Waals surface area (Å²) in [5, 5.41) is 7.35. The van der Waals surface area contributed by atoms with Crippen molar-refractivity contribution in [2.45, 2.75) is 6.54 Å². The van der Waals surface area contributed by atoms with Crippen molar-refractivity contribution in [3.63, 3.8) is 0 Å². The van der Waals surface area contributed by atoms with E-state index in [9.17, 15) is 4.79 Å². The zero-order chi connectivity index (χ0) is 13.2. The van der Waals surface area contributed by atoms with E-state index < -0.39 is 0 Å². The lowest BCUT2D eigenvalue weighted by Gasteiger charge is -2.13. The Bertz CT molecular complexity index is 671. The van der Waals surface area contributed by atoms with E-state index in [2.05, 4.69) is 15.2 Å². The Labute approximate surface area is 113 Å². The molecule has 3 aromatic rings. The van der Waals surface area contributed by atoms with E-state index in [1.807, 2.05) is 24.3 Å². The van der Waals surface area contributed by atoms with E-state index in [-0.39, 0.29) is 5.91 Å². The van der Waals surface area contributed by atoms with Crippen molar-refractivity contribution in [2.24, 2.45) is 0 Å². The summed E-state index contributed by atoms with van der Waals surface area (Å²) in [7, 11) is 1.77. The summed E-state index contributed by atoms with van der Waals surface area (Å²) in [6.07, 6.45) is 3.12. The number of H-pyrrole nitrogens is 1. The molecule has 1 aromatic carbocycles. The van der Waals surface area contributed by atoms with Gasteiger partial charge in [0.05, 0.1) is 28.5 Å². The summed E-state index contributed by atoms with van der Waals surface area (Å²) in [6, 6.07) is 7.97. The molecule has 0 spiro atoms. The van der Waals surface area contributed by atoms with Gasteiger partial charge in [0, 0.05) is 13.2 Å². The van der Waals surface area contributed by atoms with Crippen LogP contribution in [0.3, 0.4) is 0 Å². The molecule has 0 atom stereocenters. The molecular formula is C13H12N4OS.